The van der Waals surface area contributed by atoms with Crippen LogP contribution in [0.5, 0.6) is 5.75 Å². The van der Waals surface area contributed by atoms with E-state index in [9.17, 15) is 4.79 Å². The summed E-state index contributed by atoms with van der Waals surface area (Å²) >= 11 is 0. The van der Waals surface area contributed by atoms with E-state index in [4.69, 9.17) is 4.74 Å². The molecule has 1 amide bonds. The minimum atomic E-state index is 0.0137. The first kappa shape index (κ1) is 15.2. The molecule has 2 N–H and O–H groups in total. The van der Waals surface area contributed by atoms with Crippen molar-refractivity contribution in [1.82, 2.24) is 10.3 Å². The van der Waals surface area contributed by atoms with Gasteiger partial charge in [0, 0.05) is 23.1 Å². The van der Waals surface area contributed by atoms with E-state index in [0.29, 0.717) is 13.0 Å². The molecular weight excluding hydrogens is 288 g/mol. The average molecular weight is 308 g/mol. The number of H-pyrrole nitrogens is 1. The number of aromatic nitrogens is 1. The number of carbonyl (C=O) groups is 1. The Bertz CT molecular complexity index is 819. The number of nitrogens with one attached hydrogen (secondary N) is 2. The SMILES string of the molecule is COc1ccc(CC(=O)NCc2c(C)[nH]c3ccccc23)cc1. The lowest BCUT2D eigenvalue weighted by Crippen LogP contribution is -2.24. The van der Waals surface area contributed by atoms with Crippen molar-refractivity contribution in [2.24, 2.45) is 0 Å². The third-order valence-electron chi connectivity index (χ3n) is 4.01. The number of aryl methyl sites for hydroxylation is 1. The van der Waals surface area contributed by atoms with Gasteiger partial charge in [0.05, 0.1) is 13.5 Å². The first-order chi connectivity index (χ1) is 11.2. The molecule has 0 saturated carbocycles. The number of para-hydroxylation sites is 1. The molecule has 3 rings (SSSR count). The van der Waals surface area contributed by atoms with Gasteiger partial charge in [0.2, 0.25) is 5.91 Å². The standard InChI is InChI=1S/C19H20N2O2/c1-13-17(16-5-3-4-6-18(16)21-13)12-20-19(22)11-14-7-9-15(23-2)10-8-14/h3-10,21H,11-12H2,1-2H3,(H,20,22). The highest BCUT2D eigenvalue weighted by Gasteiger charge is 2.09. The highest BCUT2D eigenvalue weighted by molar-refractivity contribution is 5.85. The third-order valence-corrected chi connectivity index (χ3v) is 4.01. The fourth-order valence-electron chi connectivity index (χ4n) is 2.74. The molecule has 118 valence electrons. The molecule has 1 heterocycles. The number of fused-ring (bicyclic) bond motifs is 1. The summed E-state index contributed by atoms with van der Waals surface area (Å²) in [6.07, 6.45) is 0.366. The van der Waals surface area contributed by atoms with Gasteiger partial charge in [-0.05, 0) is 36.2 Å². The minimum absolute atomic E-state index is 0.0137. The number of aromatic amines is 1. The second-order valence-electron chi connectivity index (χ2n) is 5.58. The van der Waals surface area contributed by atoms with Crippen molar-refractivity contribution in [2.75, 3.05) is 7.11 Å². The lowest BCUT2D eigenvalue weighted by atomic mass is 10.1. The quantitative estimate of drug-likeness (QED) is 0.759. The number of ether oxygens (including phenoxy) is 1. The summed E-state index contributed by atoms with van der Waals surface area (Å²) < 4.78 is 5.12. The van der Waals surface area contributed by atoms with Gasteiger partial charge in [-0.3, -0.25) is 4.79 Å². The van der Waals surface area contributed by atoms with Crippen molar-refractivity contribution in [3.05, 3.63) is 65.4 Å². The molecule has 4 nitrogen and oxygen atoms in total. The van der Waals surface area contributed by atoms with Gasteiger partial charge in [0.25, 0.3) is 0 Å². The fraction of sp³-hybridized carbons (Fsp3) is 0.211. The Balaban J connectivity index is 1.65. The Labute approximate surface area is 135 Å². The van der Waals surface area contributed by atoms with Crippen molar-refractivity contribution < 1.29 is 9.53 Å². The molecule has 0 radical (unpaired) electrons. The monoisotopic (exact) mass is 308 g/mol. The van der Waals surface area contributed by atoms with E-state index in [1.165, 1.54) is 0 Å². The molecular formula is C19H20N2O2. The largest absolute Gasteiger partial charge is 0.497 e. The zero-order chi connectivity index (χ0) is 16.2. The number of rotatable bonds is 5. The van der Waals surface area contributed by atoms with E-state index >= 15 is 0 Å². The Morgan fingerprint density at radius 1 is 1.13 bits per heavy atom. The van der Waals surface area contributed by atoms with Crippen molar-refractivity contribution in [2.45, 2.75) is 19.9 Å². The van der Waals surface area contributed by atoms with Crippen LogP contribution in [0.15, 0.2) is 48.5 Å². The second-order valence-corrected chi connectivity index (χ2v) is 5.58. The van der Waals surface area contributed by atoms with Gasteiger partial charge in [0.1, 0.15) is 5.75 Å². The number of amides is 1. The predicted molar refractivity (Wildman–Crippen MR) is 91.6 cm³/mol. The van der Waals surface area contributed by atoms with Crippen LogP contribution >= 0.6 is 0 Å². The van der Waals surface area contributed by atoms with E-state index in [-0.39, 0.29) is 5.91 Å². The Morgan fingerprint density at radius 2 is 1.87 bits per heavy atom. The van der Waals surface area contributed by atoms with Gasteiger partial charge < -0.3 is 15.0 Å². The molecule has 0 aliphatic rings. The molecule has 4 heteroatoms. The van der Waals surface area contributed by atoms with Crippen LogP contribution < -0.4 is 10.1 Å². The summed E-state index contributed by atoms with van der Waals surface area (Å²) in [5, 5.41) is 4.17. The molecule has 0 spiro atoms. The number of benzene rings is 2. The van der Waals surface area contributed by atoms with E-state index in [0.717, 1.165) is 33.5 Å². The molecule has 2 aromatic carbocycles. The third kappa shape index (κ3) is 3.37. The van der Waals surface area contributed by atoms with E-state index in [1.54, 1.807) is 7.11 Å². The molecule has 0 aliphatic heterocycles. The summed E-state index contributed by atoms with van der Waals surface area (Å²) in [4.78, 5) is 15.5. The van der Waals surface area contributed by atoms with E-state index < -0.39 is 0 Å². The normalized spacial score (nSPS) is 10.7. The maximum atomic E-state index is 12.2. The zero-order valence-electron chi connectivity index (χ0n) is 13.3. The Kier molecular flexibility index (Phi) is 4.33. The van der Waals surface area contributed by atoms with Crippen LogP contribution in [0.3, 0.4) is 0 Å². The minimum Gasteiger partial charge on any atom is -0.497 e. The Hall–Kier alpha value is -2.75. The average Bonchev–Trinajstić information content (AvgIpc) is 2.89. The predicted octanol–water partition coefficient (Wildman–Crippen LogP) is 3.34. The number of methoxy groups -OCH3 is 1. The lowest BCUT2D eigenvalue weighted by Gasteiger charge is -2.07. The molecule has 0 aliphatic carbocycles. The highest BCUT2D eigenvalue weighted by Crippen LogP contribution is 2.21. The van der Waals surface area contributed by atoms with Crippen LogP contribution in [0.1, 0.15) is 16.8 Å². The number of hydrogen-bond acceptors (Lipinski definition) is 2. The van der Waals surface area contributed by atoms with Gasteiger partial charge in [-0.15, -0.1) is 0 Å². The molecule has 0 atom stereocenters. The lowest BCUT2D eigenvalue weighted by molar-refractivity contribution is -0.120. The summed E-state index contributed by atoms with van der Waals surface area (Å²) in [6.45, 7) is 2.57. The first-order valence-electron chi connectivity index (χ1n) is 7.63. The van der Waals surface area contributed by atoms with Crippen LogP contribution in [0.25, 0.3) is 10.9 Å². The molecule has 0 bridgehead atoms. The van der Waals surface area contributed by atoms with Crippen LogP contribution in [0.2, 0.25) is 0 Å². The number of hydrogen-bond donors (Lipinski definition) is 2. The molecule has 0 unspecified atom stereocenters. The van der Waals surface area contributed by atoms with Crippen LogP contribution in [-0.2, 0) is 17.8 Å². The van der Waals surface area contributed by atoms with Gasteiger partial charge in [0.15, 0.2) is 0 Å². The second kappa shape index (κ2) is 6.57. The van der Waals surface area contributed by atoms with Crippen molar-refractivity contribution in [1.29, 1.82) is 0 Å². The maximum Gasteiger partial charge on any atom is 0.224 e. The van der Waals surface area contributed by atoms with Gasteiger partial charge in [-0.25, -0.2) is 0 Å². The number of carbonyl (C=O) groups excluding carboxylic acids is 1. The van der Waals surface area contributed by atoms with Crippen molar-refractivity contribution in [3.63, 3.8) is 0 Å². The smallest absolute Gasteiger partial charge is 0.224 e. The van der Waals surface area contributed by atoms with Crippen LogP contribution in [0.4, 0.5) is 0 Å². The molecule has 1 aromatic heterocycles. The van der Waals surface area contributed by atoms with Crippen molar-refractivity contribution in [3.8, 4) is 5.75 Å². The van der Waals surface area contributed by atoms with Gasteiger partial charge in [-0.1, -0.05) is 30.3 Å². The topological polar surface area (TPSA) is 54.1 Å². The maximum absolute atomic E-state index is 12.2. The summed E-state index contributed by atoms with van der Waals surface area (Å²) in [5.74, 6) is 0.809. The molecule has 3 aromatic rings. The zero-order valence-corrected chi connectivity index (χ0v) is 13.3. The molecule has 0 saturated heterocycles. The first-order valence-corrected chi connectivity index (χ1v) is 7.63. The summed E-state index contributed by atoms with van der Waals surface area (Å²) in [6, 6.07) is 15.7. The van der Waals surface area contributed by atoms with E-state index in [1.807, 2.05) is 49.4 Å². The van der Waals surface area contributed by atoms with Gasteiger partial charge in [-0.2, -0.15) is 0 Å². The van der Waals surface area contributed by atoms with Gasteiger partial charge >= 0.3 is 0 Å². The molecule has 23 heavy (non-hydrogen) atoms. The van der Waals surface area contributed by atoms with Crippen molar-refractivity contribution >= 4 is 16.8 Å². The molecule has 0 fully saturated rings. The Morgan fingerprint density at radius 3 is 2.61 bits per heavy atom. The summed E-state index contributed by atoms with van der Waals surface area (Å²) in [7, 11) is 1.63. The van der Waals surface area contributed by atoms with Crippen LogP contribution in [0, 0.1) is 6.92 Å². The van der Waals surface area contributed by atoms with E-state index in [2.05, 4.69) is 16.4 Å². The highest BCUT2D eigenvalue weighted by atomic mass is 16.5. The van der Waals surface area contributed by atoms with Crippen LogP contribution in [-0.4, -0.2) is 18.0 Å². The summed E-state index contributed by atoms with van der Waals surface area (Å²) in [5.41, 5.74) is 4.31. The fourth-order valence-corrected chi connectivity index (χ4v) is 2.74.